The second-order valence-electron chi connectivity index (χ2n) is 3.07. The molecule has 7 nitrogen and oxygen atoms in total. The van der Waals surface area contributed by atoms with Crippen molar-refractivity contribution in [3.8, 4) is 0 Å². The van der Waals surface area contributed by atoms with E-state index in [1.54, 1.807) is 13.0 Å². The van der Waals surface area contributed by atoms with Crippen LogP contribution in [0.1, 0.15) is 16.1 Å². The number of aromatic nitrogens is 3. The predicted octanol–water partition coefficient (Wildman–Crippen LogP) is 0.319. The maximum absolute atomic E-state index is 11.6. The fraction of sp³-hybridized carbons (Fsp3) is 0.111. The van der Waals surface area contributed by atoms with Crippen molar-refractivity contribution in [1.29, 1.82) is 0 Å². The summed E-state index contributed by atoms with van der Waals surface area (Å²) < 4.78 is 4.77. The topological polar surface area (TPSA) is 101 Å². The summed E-state index contributed by atoms with van der Waals surface area (Å²) >= 11 is 0. The molecule has 2 N–H and O–H groups in total. The molecule has 0 bridgehead atoms. The quantitative estimate of drug-likeness (QED) is 0.758. The van der Waals surface area contributed by atoms with Gasteiger partial charge in [-0.2, -0.15) is 0 Å². The number of anilines is 1. The van der Waals surface area contributed by atoms with Gasteiger partial charge in [-0.05, 0) is 6.92 Å². The molecule has 0 radical (unpaired) electrons. The van der Waals surface area contributed by atoms with Crippen molar-refractivity contribution in [2.45, 2.75) is 6.92 Å². The first-order valence-corrected chi connectivity index (χ1v) is 4.44. The van der Waals surface area contributed by atoms with Gasteiger partial charge in [0.05, 0.1) is 6.33 Å². The van der Waals surface area contributed by atoms with E-state index >= 15 is 0 Å². The van der Waals surface area contributed by atoms with Gasteiger partial charge in [0.1, 0.15) is 11.3 Å². The number of carbonyl (C=O) groups excluding carboxylic acids is 1. The van der Waals surface area contributed by atoms with E-state index in [0.29, 0.717) is 5.76 Å². The molecule has 2 aromatic heterocycles. The van der Waals surface area contributed by atoms with E-state index in [1.807, 2.05) is 0 Å². The van der Waals surface area contributed by atoms with Crippen molar-refractivity contribution in [2.75, 3.05) is 5.32 Å². The maximum Gasteiger partial charge on any atom is 0.264 e. The van der Waals surface area contributed by atoms with Crippen molar-refractivity contribution in [2.24, 2.45) is 0 Å². The summed E-state index contributed by atoms with van der Waals surface area (Å²) in [6.07, 6.45) is 2.39. The number of nitrogens with one attached hydrogen (secondary N) is 2. The van der Waals surface area contributed by atoms with Gasteiger partial charge < -0.3 is 14.8 Å². The molecule has 2 heterocycles. The third-order valence-electron chi connectivity index (χ3n) is 1.83. The Hall–Kier alpha value is -2.44. The number of rotatable bonds is 2. The highest BCUT2D eigenvalue weighted by molar-refractivity contribution is 6.03. The van der Waals surface area contributed by atoms with Crippen molar-refractivity contribution in [3.63, 3.8) is 0 Å². The Kier molecular flexibility index (Phi) is 2.50. The number of hydrogen-bond donors (Lipinski definition) is 2. The van der Waals surface area contributed by atoms with Crippen molar-refractivity contribution in [3.05, 3.63) is 40.3 Å². The standard InChI is InChI=1S/C9H8N4O3/c1-5-2-7(13-16-5)12-9(15)6-3-10-4-11-8(6)14/h2-4H,1H3,(H,10,11,14)(H,12,13,15). The third kappa shape index (κ3) is 1.97. The minimum Gasteiger partial charge on any atom is -0.360 e. The molecular weight excluding hydrogens is 212 g/mol. The fourth-order valence-electron chi connectivity index (χ4n) is 1.11. The molecule has 0 atom stereocenters. The Morgan fingerprint density at radius 2 is 2.38 bits per heavy atom. The third-order valence-corrected chi connectivity index (χ3v) is 1.83. The highest BCUT2D eigenvalue weighted by Crippen LogP contribution is 2.07. The van der Waals surface area contributed by atoms with Gasteiger partial charge in [0.25, 0.3) is 11.5 Å². The van der Waals surface area contributed by atoms with Crippen LogP contribution in [-0.4, -0.2) is 21.0 Å². The van der Waals surface area contributed by atoms with E-state index in [4.69, 9.17) is 4.52 Å². The predicted molar refractivity (Wildman–Crippen MR) is 54.1 cm³/mol. The van der Waals surface area contributed by atoms with E-state index in [2.05, 4.69) is 20.4 Å². The van der Waals surface area contributed by atoms with Gasteiger partial charge >= 0.3 is 0 Å². The van der Waals surface area contributed by atoms with Crippen LogP contribution in [0.3, 0.4) is 0 Å². The number of aromatic amines is 1. The SMILES string of the molecule is Cc1cc(NC(=O)c2cnc[nH]c2=O)no1. The van der Waals surface area contributed by atoms with Gasteiger partial charge in [0, 0.05) is 12.3 Å². The number of carbonyl (C=O) groups is 1. The van der Waals surface area contributed by atoms with Crippen LogP contribution in [0, 0.1) is 6.92 Å². The second-order valence-corrected chi connectivity index (χ2v) is 3.07. The molecule has 7 heteroatoms. The molecule has 0 fully saturated rings. The Balaban J connectivity index is 2.21. The Morgan fingerprint density at radius 3 is 3.00 bits per heavy atom. The zero-order chi connectivity index (χ0) is 11.5. The first kappa shape index (κ1) is 10.1. The molecule has 82 valence electrons. The van der Waals surface area contributed by atoms with Crippen LogP contribution in [-0.2, 0) is 0 Å². The molecular formula is C9H8N4O3. The maximum atomic E-state index is 11.6. The monoisotopic (exact) mass is 220 g/mol. The molecule has 2 rings (SSSR count). The minimum atomic E-state index is -0.581. The summed E-state index contributed by atoms with van der Waals surface area (Å²) in [7, 11) is 0. The highest BCUT2D eigenvalue weighted by Gasteiger charge is 2.12. The lowest BCUT2D eigenvalue weighted by atomic mass is 10.3. The van der Waals surface area contributed by atoms with E-state index < -0.39 is 11.5 Å². The highest BCUT2D eigenvalue weighted by atomic mass is 16.5. The molecule has 0 saturated heterocycles. The number of hydrogen-bond acceptors (Lipinski definition) is 5. The lowest BCUT2D eigenvalue weighted by Crippen LogP contribution is -2.23. The lowest BCUT2D eigenvalue weighted by molar-refractivity contribution is 0.102. The summed E-state index contributed by atoms with van der Waals surface area (Å²) in [6.45, 7) is 1.69. The van der Waals surface area contributed by atoms with Crippen LogP contribution in [0.25, 0.3) is 0 Å². The van der Waals surface area contributed by atoms with Crippen LogP contribution in [0.2, 0.25) is 0 Å². The molecule has 0 saturated carbocycles. The van der Waals surface area contributed by atoms with Crippen LogP contribution in [0.15, 0.2) is 27.9 Å². The Bertz CT molecular complexity index is 572. The van der Waals surface area contributed by atoms with Crippen LogP contribution < -0.4 is 10.9 Å². The normalized spacial score (nSPS) is 10.1. The second kappa shape index (κ2) is 3.97. The Morgan fingerprint density at radius 1 is 1.56 bits per heavy atom. The zero-order valence-corrected chi connectivity index (χ0v) is 8.35. The summed E-state index contributed by atoms with van der Waals surface area (Å²) in [5.41, 5.74) is -0.587. The van der Waals surface area contributed by atoms with Crippen molar-refractivity contribution < 1.29 is 9.32 Å². The number of nitrogens with zero attached hydrogens (tertiary/aromatic N) is 2. The molecule has 2 aromatic rings. The Labute approximate surface area is 89.5 Å². The average molecular weight is 220 g/mol. The lowest BCUT2D eigenvalue weighted by Gasteiger charge is -1.98. The van der Waals surface area contributed by atoms with Crippen LogP contribution >= 0.6 is 0 Å². The van der Waals surface area contributed by atoms with E-state index in [1.165, 1.54) is 12.5 Å². The average Bonchev–Trinajstić information content (AvgIpc) is 2.64. The summed E-state index contributed by atoms with van der Waals surface area (Å²) in [5, 5.41) is 5.99. The summed E-state index contributed by atoms with van der Waals surface area (Å²) in [4.78, 5) is 28.8. The summed E-state index contributed by atoms with van der Waals surface area (Å²) in [5.74, 6) is 0.240. The fourth-order valence-corrected chi connectivity index (χ4v) is 1.11. The number of H-pyrrole nitrogens is 1. The molecule has 0 spiro atoms. The first-order valence-electron chi connectivity index (χ1n) is 4.44. The molecule has 0 aliphatic heterocycles. The van der Waals surface area contributed by atoms with Gasteiger partial charge in [-0.15, -0.1) is 0 Å². The smallest absolute Gasteiger partial charge is 0.264 e. The molecule has 0 aliphatic carbocycles. The summed E-state index contributed by atoms with van der Waals surface area (Å²) in [6, 6.07) is 1.54. The van der Waals surface area contributed by atoms with Gasteiger partial charge in [-0.3, -0.25) is 9.59 Å². The van der Waals surface area contributed by atoms with Gasteiger partial charge in [-0.25, -0.2) is 4.98 Å². The van der Waals surface area contributed by atoms with Crippen LogP contribution in [0.4, 0.5) is 5.82 Å². The van der Waals surface area contributed by atoms with Crippen LogP contribution in [0.5, 0.6) is 0 Å². The van der Waals surface area contributed by atoms with Gasteiger partial charge in [0.2, 0.25) is 0 Å². The minimum absolute atomic E-state index is 0.0804. The van der Waals surface area contributed by atoms with Gasteiger partial charge in [-0.1, -0.05) is 5.16 Å². The van der Waals surface area contributed by atoms with E-state index in [9.17, 15) is 9.59 Å². The first-order chi connectivity index (χ1) is 7.66. The molecule has 0 aliphatic rings. The van der Waals surface area contributed by atoms with E-state index in [-0.39, 0.29) is 11.4 Å². The molecule has 1 amide bonds. The van der Waals surface area contributed by atoms with Gasteiger partial charge in [0.15, 0.2) is 5.82 Å². The largest absolute Gasteiger partial charge is 0.360 e. The van der Waals surface area contributed by atoms with Crippen molar-refractivity contribution in [1.82, 2.24) is 15.1 Å². The number of aryl methyl sites for hydroxylation is 1. The molecule has 0 unspecified atom stereocenters. The molecule has 0 aromatic carbocycles. The van der Waals surface area contributed by atoms with Crippen molar-refractivity contribution >= 4 is 11.7 Å². The van der Waals surface area contributed by atoms with E-state index in [0.717, 1.165) is 0 Å². The zero-order valence-electron chi connectivity index (χ0n) is 8.35. The molecule has 16 heavy (non-hydrogen) atoms. The number of amides is 1.